The Hall–Kier alpha value is -1.71. The smallest absolute Gasteiger partial charge is 0.306 e. The summed E-state index contributed by atoms with van der Waals surface area (Å²) in [5.41, 5.74) is 2.20. The van der Waals surface area contributed by atoms with Gasteiger partial charge >= 0.3 is 5.97 Å². The molecule has 1 aliphatic carbocycles. The molecule has 0 bridgehead atoms. The molecule has 0 heterocycles. The van der Waals surface area contributed by atoms with Crippen LogP contribution in [0, 0.1) is 12.8 Å². The first-order chi connectivity index (χ1) is 10.1. The van der Waals surface area contributed by atoms with Crippen LogP contribution in [0.25, 0.3) is 0 Å². The first-order valence-electron chi connectivity index (χ1n) is 7.83. The zero-order valence-corrected chi connectivity index (χ0v) is 12.9. The van der Waals surface area contributed by atoms with Crippen molar-refractivity contribution >= 4 is 11.7 Å². The molecule has 2 N–H and O–H groups in total. The van der Waals surface area contributed by atoms with Crippen molar-refractivity contribution in [2.75, 3.05) is 11.9 Å². The van der Waals surface area contributed by atoms with Crippen LogP contribution >= 0.6 is 0 Å². The molecule has 116 valence electrons. The summed E-state index contributed by atoms with van der Waals surface area (Å²) in [7, 11) is 0. The molecule has 1 saturated carbocycles. The van der Waals surface area contributed by atoms with Crippen molar-refractivity contribution in [2.24, 2.45) is 5.92 Å². The average Bonchev–Trinajstić information content (AvgIpc) is 2.48. The molecule has 1 aromatic rings. The van der Waals surface area contributed by atoms with Crippen LogP contribution in [0.5, 0.6) is 5.75 Å². The largest absolute Gasteiger partial charge is 0.491 e. The Morgan fingerprint density at radius 2 is 2.05 bits per heavy atom. The quantitative estimate of drug-likeness (QED) is 0.836. The van der Waals surface area contributed by atoms with Gasteiger partial charge in [-0.05, 0) is 56.7 Å². The lowest BCUT2D eigenvalue weighted by molar-refractivity contribution is -0.142. The van der Waals surface area contributed by atoms with Gasteiger partial charge < -0.3 is 15.2 Å². The van der Waals surface area contributed by atoms with Gasteiger partial charge in [0.1, 0.15) is 5.75 Å². The number of aryl methyl sites for hydroxylation is 1. The van der Waals surface area contributed by atoms with Gasteiger partial charge in [-0.25, -0.2) is 0 Å². The molecule has 1 fully saturated rings. The fraction of sp³-hybridized carbons (Fsp3) is 0.588. The zero-order chi connectivity index (χ0) is 15.2. The lowest BCUT2D eigenvalue weighted by atomic mass is 9.86. The molecule has 21 heavy (non-hydrogen) atoms. The number of nitrogens with one attached hydrogen (secondary N) is 1. The van der Waals surface area contributed by atoms with Crippen LogP contribution in [0.15, 0.2) is 18.2 Å². The van der Waals surface area contributed by atoms with Gasteiger partial charge in [-0.15, -0.1) is 0 Å². The third-order valence-electron chi connectivity index (χ3n) is 4.03. The van der Waals surface area contributed by atoms with Crippen LogP contribution in [-0.2, 0) is 4.79 Å². The fourth-order valence-corrected chi connectivity index (χ4v) is 2.78. The van der Waals surface area contributed by atoms with Crippen molar-refractivity contribution < 1.29 is 14.6 Å². The van der Waals surface area contributed by atoms with Crippen LogP contribution in [0.3, 0.4) is 0 Å². The topological polar surface area (TPSA) is 58.6 Å². The summed E-state index contributed by atoms with van der Waals surface area (Å²) in [6, 6.07) is 6.53. The van der Waals surface area contributed by atoms with Crippen LogP contribution in [0.1, 0.15) is 44.6 Å². The lowest BCUT2D eigenvalue weighted by Crippen LogP contribution is -2.29. The zero-order valence-electron chi connectivity index (χ0n) is 12.9. The third kappa shape index (κ3) is 4.38. The molecule has 0 aliphatic heterocycles. The number of rotatable bonds is 6. The van der Waals surface area contributed by atoms with Crippen molar-refractivity contribution in [3.8, 4) is 5.75 Å². The molecule has 0 atom stereocenters. The molecule has 4 nitrogen and oxygen atoms in total. The van der Waals surface area contributed by atoms with Crippen molar-refractivity contribution in [3.63, 3.8) is 0 Å². The number of anilines is 1. The Balaban J connectivity index is 1.98. The number of carboxylic acids is 1. The third-order valence-corrected chi connectivity index (χ3v) is 4.03. The maximum atomic E-state index is 11.0. The molecule has 2 rings (SSSR count). The van der Waals surface area contributed by atoms with E-state index in [1.54, 1.807) is 0 Å². The van der Waals surface area contributed by atoms with Gasteiger partial charge in [0.15, 0.2) is 0 Å². The second-order valence-corrected chi connectivity index (χ2v) is 5.88. The van der Waals surface area contributed by atoms with Crippen LogP contribution in [0.4, 0.5) is 5.69 Å². The molecule has 1 aromatic carbocycles. The predicted molar refractivity (Wildman–Crippen MR) is 84.0 cm³/mol. The predicted octanol–water partition coefficient (Wildman–Crippen LogP) is 3.84. The Labute approximate surface area is 126 Å². The summed E-state index contributed by atoms with van der Waals surface area (Å²) in [4.78, 5) is 11.0. The average molecular weight is 291 g/mol. The Morgan fingerprint density at radius 3 is 2.67 bits per heavy atom. The molecule has 4 heteroatoms. The summed E-state index contributed by atoms with van der Waals surface area (Å²) in [5, 5.41) is 12.6. The van der Waals surface area contributed by atoms with E-state index in [9.17, 15) is 4.79 Å². The second-order valence-electron chi connectivity index (χ2n) is 5.88. The van der Waals surface area contributed by atoms with E-state index in [4.69, 9.17) is 9.84 Å². The fourth-order valence-electron chi connectivity index (χ4n) is 2.78. The van der Waals surface area contributed by atoms with Crippen molar-refractivity contribution in [1.29, 1.82) is 0 Å². The van der Waals surface area contributed by atoms with Gasteiger partial charge in [0.25, 0.3) is 0 Å². The highest BCUT2D eigenvalue weighted by Gasteiger charge is 2.26. The van der Waals surface area contributed by atoms with Gasteiger partial charge in [0.05, 0.1) is 18.2 Å². The minimum absolute atomic E-state index is 0.170. The highest BCUT2D eigenvalue weighted by Crippen LogP contribution is 2.31. The molecule has 0 amide bonds. The summed E-state index contributed by atoms with van der Waals surface area (Å²) < 4.78 is 5.81. The maximum Gasteiger partial charge on any atom is 0.306 e. The number of benzene rings is 1. The van der Waals surface area contributed by atoms with Gasteiger partial charge in [0, 0.05) is 6.04 Å². The second kappa shape index (κ2) is 7.34. The summed E-state index contributed by atoms with van der Waals surface area (Å²) in [6.45, 7) is 4.86. The molecule has 0 aromatic heterocycles. The van der Waals surface area contributed by atoms with E-state index < -0.39 is 5.97 Å². The summed E-state index contributed by atoms with van der Waals surface area (Å²) in [6.07, 6.45) is 4.29. The van der Waals surface area contributed by atoms with Crippen LogP contribution < -0.4 is 10.1 Å². The Morgan fingerprint density at radius 1 is 1.33 bits per heavy atom. The van der Waals surface area contributed by atoms with E-state index in [-0.39, 0.29) is 5.92 Å². The Bertz CT molecular complexity index is 479. The number of carbonyl (C=O) groups is 1. The van der Waals surface area contributed by atoms with E-state index in [2.05, 4.69) is 37.4 Å². The summed E-state index contributed by atoms with van der Waals surface area (Å²) in [5.74, 6) is 0.0739. The molecule has 0 saturated heterocycles. The first-order valence-corrected chi connectivity index (χ1v) is 7.83. The van der Waals surface area contributed by atoms with E-state index in [0.717, 1.165) is 43.5 Å². The number of hydrogen-bond donors (Lipinski definition) is 2. The Kier molecular flexibility index (Phi) is 5.48. The van der Waals surface area contributed by atoms with Crippen molar-refractivity contribution in [1.82, 2.24) is 0 Å². The molecule has 0 radical (unpaired) electrons. The number of ether oxygens (including phenoxy) is 1. The van der Waals surface area contributed by atoms with Crippen molar-refractivity contribution in [3.05, 3.63) is 23.8 Å². The maximum absolute atomic E-state index is 11.0. The highest BCUT2D eigenvalue weighted by atomic mass is 16.5. The minimum atomic E-state index is -0.657. The highest BCUT2D eigenvalue weighted by molar-refractivity contribution is 5.70. The normalized spacial score (nSPS) is 21.8. The van der Waals surface area contributed by atoms with E-state index >= 15 is 0 Å². The molecule has 1 aliphatic rings. The molecular formula is C17H25NO3. The number of aliphatic carboxylic acids is 1. The van der Waals surface area contributed by atoms with Crippen molar-refractivity contribution in [2.45, 2.75) is 52.0 Å². The SMILES string of the molecule is CCCOc1cc(C)ccc1NC1CCC(C(=O)O)CC1. The first kappa shape index (κ1) is 15.7. The molecule has 0 unspecified atom stereocenters. The van der Waals surface area contributed by atoms with Gasteiger partial charge in [-0.1, -0.05) is 13.0 Å². The monoisotopic (exact) mass is 291 g/mol. The number of hydrogen-bond acceptors (Lipinski definition) is 3. The minimum Gasteiger partial charge on any atom is -0.491 e. The van der Waals surface area contributed by atoms with E-state index in [1.165, 1.54) is 5.56 Å². The van der Waals surface area contributed by atoms with Gasteiger partial charge in [-0.3, -0.25) is 4.79 Å². The van der Waals surface area contributed by atoms with Gasteiger partial charge in [0.2, 0.25) is 0 Å². The van der Waals surface area contributed by atoms with Gasteiger partial charge in [-0.2, -0.15) is 0 Å². The van der Waals surface area contributed by atoms with E-state index in [1.807, 2.05) is 0 Å². The molecule has 0 spiro atoms. The summed E-state index contributed by atoms with van der Waals surface area (Å²) >= 11 is 0. The molecular weight excluding hydrogens is 266 g/mol. The lowest BCUT2D eigenvalue weighted by Gasteiger charge is -2.28. The van der Waals surface area contributed by atoms with E-state index in [0.29, 0.717) is 12.6 Å². The number of carboxylic acid groups (broad SMARTS) is 1. The van der Waals surface area contributed by atoms with Crippen LogP contribution in [0.2, 0.25) is 0 Å². The van der Waals surface area contributed by atoms with Crippen LogP contribution in [-0.4, -0.2) is 23.7 Å². The standard InChI is InChI=1S/C17H25NO3/c1-3-10-21-16-11-12(2)4-9-15(16)18-14-7-5-13(6-8-14)17(19)20/h4,9,11,13-14,18H,3,5-8,10H2,1-2H3,(H,19,20).